The maximum absolute atomic E-state index is 4.48. The van der Waals surface area contributed by atoms with Crippen molar-refractivity contribution in [3.05, 3.63) is 52.3 Å². The summed E-state index contributed by atoms with van der Waals surface area (Å²) in [5.41, 5.74) is 6.56. The van der Waals surface area contributed by atoms with Crippen LogP contribution in [0.25, 0.3) is 0 Å². The lowest BCUT2D eigenvalue weighted by Gasteiger charge is -2.21. The van der Waals surface area contributed by atoms with Crippen molar-refractivity contribution in [3.8, 4) is 0 Å². The summed E-state index contributed by atoms with van der Waals surface area (Å²) in [6.45, 7) is 6.53. The number of nitrogens with zero attached hydrogens (tertiary/aromatic N) is 2. The molecule has 19 heavy (non-hydrogen) atoms. The van der Waals surface area contributed by atoms with E-state index in [4.69, 9.17) is 0 Å². The predicted octanol–water partition coefficient (Wildman–Crippen LogP) is 2.85. The number of aryl methyl sites for hydroxylation is 4. The van der Waals surface area contributed by atoms with Crippen molar-refractivity contribution in [2.24, 2.45) is 7.05 Å². The molecule has 1 aromatic heterocycles. The summed E-state index contributed by atoms with van der Waals surface area (Å²) in [6.07, 6.45) is 2.92. The molecule has 0 aliphatic heterocycles. The minimum absolute atomic E-state index is 0.315. The van der Waals surface area contributed by atoms with Crippen LogP contribution in [-0.2, 0) is 13.5 Å². The zero-order valence-electron chi connectivity index (χ0n) is 12.5. The lowest BCUT2D eigenvalue weighted by molar-refractivity contribution is 0.571. The molecule has 0 fully saturated rings. The standard InChI is InChI=1S/C16H23N3/c1-11-8-12(2)16(13(3)9-11)15(17-4)10-14-6-7-19(5)18-14/h6-9,15,17H,10H2,1-5H3. The van der Waals surface area contributed by atoms with Crippen LogP contribution in [0.2, 0.25) is 0 Å². The van der Waals surface area contributed by atoms with Crippen LogP contribution in [-0.4, -0.2) is 16.8 Å². The number of hydrogen-bond donors (Lipinski definition) is 1. The molecular formula is C16H23N3. The highest BCUT2D eigenvalue weighted by molar-refractivity contribution is 5.40. The lowest BCUT2D eigenvalue weighted by Crippen LogP contribution is -2.21. The van der Waals surface area contributed by atoms with Gasteiger partial charge in [0.15, 0.2) is 0 Å². The van der Waals surface area contributed by atoms with Gasteiger partial charge in [0.2, 0.25) is 0 Å². The second-order valence-electron chi connectivity index (χ2n) is 5.34. The van der Waals surface area contributed by atoms with Crippen LogP contribution >= 0.6 is 0 Å². The molecule has 1 N–H and O–H groups in total. The van der Waals surface area contributed by atoms with Crippen molar-refractivity contribution < 1.29 is 0 Å². The number of benzene rings is 1. The van der Waals surface area contributed by atoms with E-state index in [0.29, 0.717) is 6.04 Å². The number of nitrogens with one attached hydrogen (secondary N) is 1. The Morgan fingerprint density at radius 2 is 1.84 bits per heavy atom. The molecule has 0 saturated carbocycles. The first-order chi connectivity index (χ1) is 9.01. The fraction of sp³-hybridized carbons (Fsp3) is 0.438. The summed E-state index contributed by atoms with van der Waals surface area (Å²) in [4.78, 5) is 0. The Hall–Kier alpha value is -1.61. The highest BCUT2D eigenvalue weighted by atomic mass is 15.2. The second-order valence-corrected chi connectivity index (χ2v) is 5.34. The van der Waals surface area contributed by atoms with Crippen molar-refractivity contribution in [1.29, 1.82) is 0 Å². The molecule has 1 atom stereocenters. The average molecular weight is 257 g/mol. The first-order valence-corrected chi connectivity index (χ1v) is 6.74. The molecule has 2 aromatic rings. The fourth-order valence-corrected chi connectivity index (χ4v) is 2.87. The van der Waals surface area contributed by atoms with Crippen LogP contribution in [0.3, 0.4) is 0 Å². The fourth-order valence-electron chi connectivity index (χ4n) is 2.87. The normalized spacial score (nSPS) is 12.7. The SMILES string of the molecule is CNC(Cc1ccn(C)n1)c1c(C)cc(C)cc1C. The molecule has 3 nitrogen and oxygen atoms in total. The van der Waals surface area contributed by atoms with Crippen LogP contribution in [0, 0.1) is 20.8 Å². The van der Waals surface area contributed by atoms with Gasteiger partial charge < -0.3 is 5.32 Å². The summed E-state index contributed by atoms with van der Waals surface area (Å²) in [5, 5.41) is 7.91. The van der Waals surface area contributed by atoms with E-state index in [9.17, 15) is 0 Å². The zero-order valence-corrected chi connectivity index (χ0v) is 12.5. The third kappa shape index (κ3) is 3.04. The van der Waals surface area contributed by atoms with Gasteiger partial charge in [0.1, 0.15) is 0 Å². The summed E-state index contributed by atoms with van der Waals surface area (Å²) >= 11 is 0. The van der Waals surface area contributed by atoms with Crippen LogP contribution in [0.5, 0.6) is 0 Å². The maximum Gasteiger partial charge on any atom is 0.0643 e. The molecule has 1 aromatic carbocycles. The van der Waals surface area contributed by atoms with Crippen molar-refractivity contribution in [3.63, 3.8) is 0 Å². The minimum atomic E-state index is 0.315. The Balaban J connectivity index is 2.32. The second kappa shape index (κ2) is 5.57. The largest absolute Gasteiger partial charge is 0.313 e. The van der Waals surface area contributed by atoms with Gasteiger partial charge in [-0.15, -0.1) is 0 Å². The number of hydrogen-bond acceptors (Lipinski definition) is 2. The molecule has 3 heteroatoms. The highest BCUT2D eigenvalue weighted by Crippen LogP contribution is 2.25. The van der Waals surface area contributed by atoms with Crippen molar-refractivity contribution >= 4 is 0 Å². The van der Waals surface area contributed by atoms with Crippen LogP contribution in [0.15, 0.2) is 24.4 Å². The van der Waals surface area contributed by atoms with Crippen molar-refractivity contribution in [2.45, 2.75) is 33.2 Å². The van der Waals surface area contributed by atoms with E-state index in [1.54, 1.807) is 0 Å². The Morgan fingerprint density at radius 1 is 1.21 bits per heavy atom. The summed E-state index contributed by atoms with van der Waals surface area (Å²) in [7, 11) is 3.98. The molecular weight excluding hydrogens is 234 g/mol. The first kappa shape index (κ1) is 13.8. The molecule has 1 heterocycles. The molecule has 102 valence electrons. The van der Waals surface area contributed by atoms with E-state index in [-0.39, 0.29) is 0 Å². The third-order valence-corrected chi connectivity index (χ3v) is 3.62. The van der Waals surface area contributed by atoms with Gasteiger partial charge in [-0.2, -0.15) is 5.10 Å². The highest BCUT2D eigenvalue weighted by Gasteiger charge is 2.16. The van der Waals surface area contributed by atoms with Crippen LogP contribution in [0.4, 0.5) is 0 Å². The Kier molecular flexibility index (Phi) is 4.05. The molecule has 0 amide bonds. The molecule has 2 rings (SSSR count). The van der Waals surface area contributed by atoms with Crippen molar-refractivity contribution in [2.75, 3.05) is 7.05 Å². The predicted molar refractivity (Wildman–Crippen MR) is 79.4 cm³/mol. The van der Waals surface area contributed by atoms with E-state index in [2.05, 4.69) is 49.4 Å². The third-order valence-electron chi connectivity index (χ3n) is 3.62. The lowest BCUT2D eigenvalue weighted by atomic mass is 9.92. The Labute approximate surface area is 115 Å². The maximum atomic E-state index is 4.48. The van der Waals surface area contributed by atoms with Gasteiger partial charge in [-0.3, -0.25) is 4.68 Å². The van der Waals surface area contributed by atoms with Crippen LogP contribution in [0.1, 0.15) is 34.0 Å². The summed E-state index contributed by atoms with van der Waals surface area (Å²) in [5.74, 6) is 0. The van der Waals surface area contributed by atoms with Crippen molar-refractivity contribution in [1.82, 2.24) is 15.1 Å². The average Bonchev–Trinajstić information content (AvgIpc) is 2.72. The van der Waals surface area contributed by atoms with Crippen LogP contribution < -0.4 is 5.32 Å². The van der Waals surface area contributed by atoms with E-state index in [0.717, 1.165) is 12.1 Å². The number of rotatable bonds is 4. The molecule has 0 bridgehead atoms. The molecule has 0 saturated heterocycles. The van der Waals surface area contributed by atoms with E-state index in [1.165, 1.54) is 22.3 Å². The van der Waals surface area contributed by atoms with E-state index in [1.807, 2.05) is 25.0 Å². The van der Waals surface area contributed by atoms with Gasteiger partial charge in [-0.25, -0.2) is 0 Å². The molecule has 0 aliphatic rings. The minimum Gasteiger partial charge on any atom is -0.313 e. The smallest absolute Gasteiger partial charge is 0.0643 e. The molecule has 0 spiro atoms. The first-order valence-electron chi connectivity index (χ1n) is 6.74. The molecule has 0 radical (unpaired) electrons. The van der Waals surface area contributed by atoms with E-state index >= 15 is 0 Å². The monoisotopic (exact) mass is 257 g/mol. The Bertz CT molecular complexity index is 546. The summed E-state index contributed by atoms with van der Waals surface area (Å²) in [6, 6.07) is 6.91. The number of likely N-dealkylation sites (N-methyl/N-ethyl adjacent to an activating group) is 1. The number of aromatic nitrogens is 2. The van der Waals surface area contributed by atoms with Gasteiger partial charge in [0, 0.05) is 25.7 Å². The quantitative estimate of drug-likeness (QED) is 0.912. The topological polar surface area (TPSA) is 29.9 Å². The Morgan fingerprint density at radius 3 is 2.32 bits per heavy atom. The summed E-state index contributed by atoms with van der Waals surface area (Å²) < 4.78 is 1.86. The zero-order chi connectivity index (χ0) is 14.0. The van der Waals surface area contributed by atoms with Gasteiger partial charge in [-0.05, 0) is 50.6 Å². The molecule has 0 aliphatic carbocycles. The van der Waals surface area contributed by atoms with E-state index < -0.39 is 0 Å². The van der Waals surface area contributed by atoms with Gasteiger partial charge >= 0.3 is 0 Å². The van der Waals surface area contributed by atoms with Gasteiger partial charge in [0.25, 0.3) is 0 Å². The van der Waals surface area contributed by atoms with Gasteiger partial charge in [0.05, 0.1) is 5.69 Å². The van der Waals surface area contributed by atoms with Gasteiger partial charge in [-0.1, -0.05) is 17.7 Å². The molecule has 1 unspecified atom stereocenters.